The summed E-state index contributed by atoms with van der Waals surface area (Å²) in [5.74, 6) is 0.463. The maximum atomic E-state index is 13.9. The summed E-state index contributed by atoms with van der Waals surface area (Å²) >= 11 is 0. The molecule has 2 aromatic rings. The second-order valence-electron chi connectivity index (χ2n) is 3.95. The Hall–Kier alpha value is -1.68. The van der Waals surface area contributed by atoms with Crippen LogP contribution in [0.25, 0.3) is 5.69 Å². The average molecular weight is 234 g/mol. The minimum absolute atomic E-state index is 0.351. The van der Waals surface area contributed by atoms with Crippen molar-refractivity contribution >= 4 is 0 Å². The minimum atomic E-state index is -0.660. The second-order valence-corrected chi connectivity index (χ2v) is 3.95. The maximum absolute atomic E-state index is 13.9. The largest absolute Gasteiger partial charge is 0.389 e. The molecule has 0 fully saturated rings. The van der Waals surface area contributed by atoms with Crippen molar-refractivity contribution in [2.45, 2.75) is 26.4 Å². The highest BCUT2D eigenvalue weighted by molar-refractivity contribution is 5.38. The van der Waals surface area contributed by atoms with Crippen LogP contribution in [-0.4, -0.2) is 14.7 Å². The van der Waals surface area contributed by atoms with Crippen LogP contribution in [0, 0.1) is 5.82 Å². The summed E-state index contributed by atoms with van der Waals surface area (Å²) in [5.41, 5.74) is 1.04. The van der Waals surface area contributed by atoms with Crippen molar-refractivity contribution in [1.29, 1.82) is 0 Å². The summed E-state index contributed by atoms with van der Waals surface area (Å²) in [5, 5.41) is 9.38. The number of benzene rings is 1. The predicted molar refractivity (Wildman–Crippen MR) is 63.5 cm³/mol. The smallest absolute Gasteiger partial charge is 0.147 e. The molecule has 1 aromatic heterocycles. The van der Waals surface area contributed by atoms with Gasteiger partial charge in [-0.25, -0.2) is 9.37 Å². The lowest BCUT2D eigenvalue weighted by molar-refractivity contribution is 0.199. The van der Waals surface area contributed by atoms with E-state index in [0.717, 1.165) is 12.2 Å². The molecule has 2 rings (SSSR count). The zero-order valence-electron chi connectivity index (χ0n) is 9.89. The van der Waals surface area contributed by atoms with Gasteiger partial charge in [0.15, 0.2) is 0 Å². The van der Waals surface area contributed by atoms with E-state index in [9.17, 15) is 9.50 Å². The van der Waals surface area contributed by atoms with E-state index in [-0.39, 0.29) is 5.82 Å². The number of hydrogen-bond donors (Lipinski definition) is 1. The number of halogens is 1. The summed E-state index contributed by atoms with van der Waals surface area (Å²) < 4.78 is 15.7. The summed E-state index contributed by atoms with van der Waals surface area (Å²) in [6.07, 6.45) is 3.47. The molecule has 0 bridgehead atoms. The molecule has 0 radical (unpaired) electrons. The lowest BCUT2D eigenvalue weighted by Crippen LogP contribution is -2.03. The molecule has 1 N–H and O–H groups in total. The Balaban J connectivity index is 2.47. The van der Waals surface area contributed by atoms with Gasteiger partial charge in [0.25, 0.3) is 0 Å². The standard InChI is InChI=1S/C13H15FN2O/c1-3-13-15-6-7-16(13)12-5-4-10(9(2)17)8-11(12)14/h4-9,17H,3H2,1-2H3/t9-/m0/s1. The molecule has 0 saturated carbocycles. The van der Waals surface area contributed by atoms with Crippen LogP contribution in [0.4, 0.5) is 4.39 Å². The zero-order chi connectivity index (χ0) is 12.4. The quantitative estimate of drug-likeness (QED) is 0.886. The number of aromatic nitrogens is 2. The first-order valence-electron chi connectivity index (χ1n) is 5.63. The van der Waals surface area contributed by atoms with E-state index in [2.05, 4.69) is 4.98 Å². The Morgan fingerprint density at radius 2 is 2.24 bits per heavy atom. The van der Waals surface area contributed by atoms with Gasteiger partial charge in [-0.3, -0.25) is 0 Å². The normalized spacial score (nSPS) is 12.7. The lowest BCUT2D eigenvalue weighted by atomic mass is 10.1. The molecule has 4 heteroatoms. The number of rotatable bonds is 3. The number of aliphatic hydroxyl groups is 1. The third kappa shape index (κ3) is 2.22. The van der Waals surface area contributed by atoms with Crippen LogP contribution < -0.4 is 0 Å². The summed E-state index contributed by atoms with van der Waals surface area (Å²) in [6.45, 7) is 3.59. The fourth-order valence-corrected chi connectivity index (χ4v) is 1.79. The van der Waals surface area contributed by atoms with Gasteiger partial charge in [-0.1, -0.05) is 13.0 Å². The molecule has 0 amide bonds. The second kappa shape index (κ2) is 4.67. The minimum Gasteiger partial charge on any atom is -0.389 e. The van der Waals surface area contributed by atoms with E-state index in [1.165, 1.54) is 6.07 Å². The van der Waals surface area contributed by atoms with E-state index < -0.39 is 6.10 Å². The van der Waals surface area contributed by atoms with E-state index in [0.29, 0.717) is 11.3 Å². The van der Waals surface area contributed by atoms with Gasteiger partial charge in [0.05, 0.1) is 11.8 Å². The van der Waals surface area contributed by atoms with Crippen molar-refractivity contribution in [3.8, 4) is 5.69 Å². The van der Waals surface area contributed by atoms with Crippen LogP contribution >= 0.6 is 0 Å². The van der Waals surface area contributed by atoms with E-state index in [1.807, 2.05) is 6.92 Å². The molecular weight excluding hydrogens is 219 g/mol. The molecule has 1 atom stereocenters. The van der Waals surface area contributed by atoms with Crippen molar-refractivity contribution in [2.75, 3.05) is 0 Å². The molecule has 0 aliphatic heterocycles. The van der Waals surface area contributed by atoms with Gasteiger partial charge in [-0.15, -0.1) is 0 Å². The van der Waals surface area contributed by atoms with Crippen molar-refractivity contribution in [3.05, 3.63) is 47.8 Å². The summed E-state index contributed by atoms with van der Waals surface area (Å²) in [6, 6.07) is 4.75. The Morgan fingerprint density at radius 1 is 1.47 bits per heavy atom. The molecule has 17 heavy (non-hydrogen) atoms. The maximum Gasteiger partial charge on any atom is 0.147 e. The highest BCUT2D eigenvalue weighted by atomic mass is 19.1. The number of imidazole rings is 1. The Bertz CT molecular complexity index is 520. The van der Waals surface area contributed by atoms with Crippen molar-refractivity contribution in [2.24, 2.45) is 0 Å². The van der Waals surface area contributed by atoms with Gasteiger partial charge < -0.3 is 9.67 Å². The van der Waals surface area contributed by atoms with E-state index in [4.69, 9.17) is 0 Å². The van der Waals surface area contributed by atoms with Crippen LogP contribution in [0.3, 0.4) is 0 Å². The van der Waals surface area contributed by atoms with Gasteiger partial charge in [0.2, 0.25) is 0 Å². The third-order valence-corrected chi connectivity index (χ3v) is 2.75. The van der Waals surface area contributed by atoms with Gasteiger partial charge in [0.1, 0.15) is 11.6 Å². The van der Waals surface area contributed by atoms with Crippen molar-refractivity contribution < 1.29 is 9.50 Å². The third-order valence-electron chi connectivity index (χ3n) is 2.75. The SMILES string of the molecule is CCc1nccn1-c1ccc([C@H](C)O)cc1F. The summed E-state index contributed by atoms with van der Waals surface area (Å²) in [4.78, 5) is 4.16. The summed E-state index contributed by atoms with van der Waals surface area (Å²) in [7, 11) is 0. The Kier molecular flexibility index (Phi) is 3.24. The van der Waals surface area contributed by atoms with Crippen molar-refractivity contribution in [3.63, 3.8) is 0 Å². The van der Waals surface area contributed by atoms with E-state index >= 15 is 0 Å². The van der Waals surface area contributed by atoms with Gasteiger partial charge >= 0.3 is 0 Å². The molecule has 90 valence electrons. The first kappa shape index (κ1) is 11.8. The Morgan fingerprint density at radius 3 is 2.82 bits per heavy atom. The molecule has 0 saturated heterocycles. The number of aryl methyl sites for hydroxylation is 1. The van der Waals surface area contributed by atoms with Crippen LogP contribution in [0.5, 0.6) is 0 Å². The zero-order valence-corrected chi connectivity index (χ0v) is 9.89. The fourth-order valence-electron chi connectivity index (χ4n) is 1.79. The molecule has 3 nitrogen and oxygen atoms in total. The van der Waals surface area contributed by atoms with Crippen LogP contribution in [0.2, 0.25) is 0 Å². The van der Waals surface area contributed by atoms with Gasteiger partial charge in [0, 0.05) is 18.8 Å². The van der Waals surface area contributed by atoms with Gasteiger partial charge in [-0.2, -0.15) is 0 Å². The number of nitrogens with zero attached hydrogens (tertiary/aromatic N) is 2. The predicted octanol–water partition coefficient (Wildman–Crippen LogP) is 2.63. The Labute approximate surface area is 99.5 Å². The fraction of sp³-hybridized carbons (Fsp3) is 0.308. The molecule has 0 aliphatic carbocycles. The monoisotopic (exact) mass is 234 g/mol. The number of hydrogen-bond acceptors (Lipinski definition) is 2. The van der Waals surface area contributed by atoms with Crippen LogP contribution in [0.1, 0.15) is 31.3 Å². The molecule has 1 aromatic carbocycles. The molecule has 0 aliphatic rings. The topological polar surface area (TPSA) is 38.0 Å². The molecule has 0 spiro atoms. The van der Waals surface area contributed by atoms with Gasteiger partial charge in [-0.05, 0) is 24.6 Å². The lowest BCUT2D eigenvalue weighted by Gasteiger charge is -2.10. The average Bonchev–Trinajstić information content (AvgIpc) is 2.76. The van der Waals surface area contributed by atoms with Crippen molar-refractivity contribution in [1.82, 2.24) is 9.55 Å². The van der Waals surface area contributed by atoms with Crippen LogP contribution in [0.15, 0.2) is 30.6 Å². The molecule has 0 unspecified atom stereocenters. The number of aliphatic hydroxyl groups excluding tert-OH is 1. The highest BCUT2D eigenvalue weighted by Crippen LogP contribution is 2.20. The molecule has 1 heterocycles. The first-order chi connectivity index (χ1) is 8.13. The van der Waals surface area contributed by atoms with Crippen LogP contribution in [-0.2, 0) is 6.42 Å². The van der Waals surface area contributed by atoms with E-state index in [1.54, 1.807) is 36.0 Å². The molecular formula is C13H15FN2O. The first-order valence-corrected chi connectivity index (χ1v) is 5.63. The highest BCUT2D eigenvalue weighted by Gasteiger charge is 2.10.